The van der Waals surface area contributed by atoms with Gasteiger partial charge in [-0.1, -0.05) is 12.1 Å². The minimum atomic E-state index is -4.16. The van der Waals surface area contributed by atoms with Crippen molar-refractivity contribution in [3.8, 4) is 5.75 Å². The highest BCUT2D eigenvalue weighted by atomic mass is 32.2. The molecule has 2 aliphatic rings. The van der Waals surface area contributed by atoms with Gasteiger partial charge in [0.2, 0.25) is 5.91 Å². The Balaban J connectivity index is 1.51. The number of amides is 3. The predicted molar refractivity (Wildman–Crippen MR) is 114 cm³/mol. The van der Waals surface area contributed by atoms with E-state index in [2.05, 4.69) is 15.6 Å². The lowest BCUT2D eigenvalue weighted by atomic mass is 10.1. The maximum Gasteiger partial charge on any atom is 0.336 e. The van der Waals surface area contributed by atoms with Crippen molar-refractivity contribution in [3.05, 3.63) is 41.7 Å². The summed E-state index contributed by atoms with van der Waals surface area (Å²) < 4.78 is 32.1. The Hall–Kier alpha value is -3.34. The van der Waals surface area contributed by atoms with Crippen LogP contribution in [0.5, 0.6) is 5.75 Å². The van der Waals surface area contributed by atoms with Gasteiger partial charge in [-0.05, 0) is 31.5 Å². The second-order valence-electron chi connectivity index (χ2n) is 7.53. The van der Waals surface area contributed by atoms with Gasteiger partial charge >= 0.3 is 6.03 Å². The van der Waals surface area contributed by atoms with Crippen LogP contribution in [0.3, 0.4) is 0 Å². The molecule has 0 aliphatic carbocycles. The number of aromatic nitrogens is 1. The molecule has 164 valence electrons. The zero-order chi connectivity index (χ0) is 22.3. The van der Waals surface area contributed by atoms with E-state index in [0.717, 1.165) is 12.2 Å². The maximum absolute atomic E-state index is 13.0. The molecule has 1 aromatic heterocycles. The average molecular weight is 446 g/mol. The number of ether oxygens (including phenoxy) is 1. The summed E-state index contributed by atoms with van der Waals surface area (Å²) in [5, 5.41) is 5.25. The van der Waals surface area contributed by atoms with Crippen LogP contribution >= 0.6 is 0 Å². The van der Waals surface area contributed by atoms with Gasteiger partial charge in [-0.2, -0.15) is 0 Å². The normalized spacial score (nSPS) is 17.7. The van der Waals surface area contributed by atoms with Crippen LogP contribution in [-0.4, -0.2) is 56.4 Å². The standard InChI is InChI=1S/C20H23N5O5S/c1-12-5-4-6-14-19(12)31(28,29)25(20(27)23-14)11-18(26)22-13(2)15-9-16-17(10-21-15)30-8-7-24(16)3/h4-6,9-10,13H,7-8,11H2,1-3H3,(H,22,26)(H,23,27)/t13-/m0/s1. The number of carbonyl (C=O) groups excluding carboxylic acids is 2. The van der Waals surface area contributed by atoms with E-state index in [0.29, 0.717) is 27.9 Å². The molecule has 0 unspecified atom stereocenters. The van der Waals surface area contributed by atoms with Gasteiger partial charge in [0.05, 0.1) is 35.9 Å². The van der Waals surface area contributed by atoms with Crippen molar-refractivity contribution in [1.82, 2.24) is 14.6 Å². The Labute approximate surface area is 180 Å². The molecule has 10 nitrogen and oxygen atoms in total. The molecule has 3 heterocycles. The maximum atomic E-state index is 13.0. The molecule has 31 heavy (non-hydrogen) atoms. The van der Waals surface area contributed by atoms with Crippen LogP contribution < -0.4 is 20.3 Å². The molecular weight excluding hydrogens is 422 g/mol. The van der Waals surface area contributed by atoms with Crippen molar-refractivity contribution in [2.45, 2.75) is 24.8 Å². The van der Waals surface area contributed by atoms with Gasteiger partial charge in [0.25, 0.3) is 10.0 Å². The number of hydrogen-bond donors (Lipinski definition) is 2. The first-order valence-corrected chi connectivity index (χ1v) is 11.2. The fraction of sp³-hybridized carbons (Fsp3) is 0.350. The van der Waals surface area contributed by atoms with E-state index in [9.17, 15) is 18.0 Å². The van der Waals surface area contributed by atoms with Gasteiger partial charge < -0.3 is 20.3 Å². The Morgan fingerprint density at radius 3 is 2.94 bits per heavy atom. The highest BCUT2D eigenvalue weighted by Crippen LogP contribution is 2.33. The second-order valence-corrected chi connectivity index (χ2v) is 9.33. The molecule has 2 N–H and O–H groups in total. The van der Waals surface area contributed by atoms with E-state index < -0.39 is 34.5 Å². The van der Waals surface area contributed by atoms with E-state index in [1.54, 1.807) is 32.2 Å². The van der Waals surface area contributed by atoms with Crippen molar-refractivity contribution >= 4 is 33.3 Å². The third-order valence-corrected chi connectivity index (χ3v) is 7.23. The monoisotopic (exact) mass is 445 g/mol. The number of rotatable bonds is 4. The summed E-state index contributed by atoms with van der Waals surface area (Å²) in [4.78, 5) is 31.4. The Morgan fingerprint density at radius 1 is 1.39 bits per heavy atom. The van der Waals surface area contributed by atoms with Crippen LogP contribution in [0.4, 0.5) is 16.2 Å². The molecule has 0 saturated heterocycles. The number of benzene rings is 1. The molecule has 0 saturated carbocycles. The van der Waals surface area contributed by atoms with Crippen LogP contribution in [-0.2, 0) is 14.8 Å². The molecular formula is C20H23N5O5S. The van der Waals surface area contributed by atoms with Crippen LogP contribution in [0, 0.1) is 6.92 Å². The fourth-order valence-electron chi connectivity index (χ4n) is 3.65. The molecule has 2 aromatic rings. The third-order valence-electron chi connectivity index (χ3n) is 5.30. The molecule has 0 radical (unpaired) electrons. The summed E-state index contributed by atoms with van der Waals surface area (Å²) >= 11 is 0. The number of carbonyl (C=O) groups is 2. The number of nitrogens with zero attached hydrogens (tertiary/aromatic N) is 3. The summed E-state index contributed by atoms with van der Waals surface area (Å²) in [6.45, 7) is 4.04. The first kappa shape index (κ1) is 20.9. The van der Waals surface area contributed by atoms with E-state index in [-0.39, 0.29) is 10.6 Å². The number of likely N-dealkylation sites (N-methyl/N-ethyl adjacent to an activating group) is 1. The van der Waals surface area contributed by atoms with Gasteiger partial charge in [0.1, 0.15) is 18.0 Å². The smallest absolute Gasteiger partial charge is 0.336 e. The average Bonchev–Trinajstić information content (AvgIpc) is 2.71. The first-order chi connectivity index (χ1) is 14.7. The summed E-state index contributed by atoms with van der Waals surface area (Å²) in [7, 11) is -2.22. The lowest BCUT2D eigenvalue weighted by Crippen LogP contribution is -2.49. The van der Waals surface area contributed by atoms with E-state index in [4.69, 9.17) is 4.74 Å². The van der Waals surface area contributed by atoms with E-state index >= 15 is 0 Å². The minimum Gasteiger partial charge on any atom is -0.488 e. The van der Waals surface area contributed by atoms with Crippen LogP contribution in [0.2, 0.25) is 0 Å². The SMILES string of the molecule is Cc1cccc2c1S(=O)(=O)N(CC(=O)N[C@@H](C)c1cc3c(cn1)OCCN3C)C(=O)N2. The van der Waals surface area contributed by atoms with Gasteiger partial charge in [0.15, 0.2) is 5.75 Å². The van der Waals surface area contributed by atoms with Crippen LogP contribution in [0.15, 0.2) is 35.4 Å². The van der Waals surface area contributed by atoms with Crippen molar-refractivity contribution in [2.75, 3.05) is 37.0 Å². The topological polar surface area (TPSA) is 121 Å². The van der Waals surface area contributed by atoms with E-state index in [1.807, 2.05) is 18.0 Å². The zero-order valence-corrected chi connectivity index (χ0v) is 18.2. The Kier molecular flexibility index (Phi) is 5.21. The highest BCUT2D eigenvalue weighted by Gasteiger charge is 2.39. The molecule has 0 fully saturated rings. The molecule has 1 aromatic carbocycles. The molecule has 0 spiro atoms. The van der Waals surface area contributed by atoms with E-state index in [1.165, 1.54) is 6.07 Å². The number of sulfonamides is 1. The Bertz CT molecular complexity index is 1170. The number of urea groups is 1. The molecule has 3 amide bonds. The molecule has 0 bridgehead atoms. The van der Waals surface area contributed by atoms with Crippen LogP contribution in [0.1, 0.15) is 24.2 Å². The van der Waals surface area contributed by atoms with Gasteiger partial charge in [0, 0.05) is 7.05 Å². The molecule has 4 rings (SSSR count). The van der Waals surface area contributed by atoms with Gasteiger partial charge in [-0.15, -0.1) is 0 Å². The highest BCUT2D eigenvalue weighted by molar-refractivity contribution is 7.90. The number of pyridine rings is 1. The summed E-state index contributed by atoms with van der Waals surface area (Å²) in [6, 6.07) is 5.26. The van der Waals surface area contributed by atoms with Crippen molar-refractivity contribution in [2.24, 2.45) is 0 Å². The number of nitrogens with one attached hydrogen (secondary N) is 2. The summed E-state index contributed by atoms with van der Waals surface area (Å²) in [5.74, 6) is 0.0496. The predicted octanol–water partition coefficient (Wildman–Crippen LogP) is 1.63. The molecule has 11 heteroatoms. The first-order valence-electron chi connectivity index (χ1n) is 9.75. The van der Waals surface area contributed by atoms with Gasteiger partial charge in [-0.25, -0.2) is 17.5 Å². The number of hydrogen-bond acceptors (Lipinski definition) is 7. The number of anilines is 2. The lowest BCUT2D eigenvalue weighted by molar-refractivity contribution is -0.121. The Morgan fingerprint density at radius 2 is 2.16 bits per heavy atom. The third kappa shape index (κ3) is 3.76. The largest absolute Gasteiger partial charge is 0.488 e. The lowest BCUT2D eigenvalue weighted by Gasteiger charge is -2.30. The zero-order valence-electron chi connectivity index (χ0n) is 17.4. The summed E-state index contributed by atoms with van der Waals surface area (Å²) in [6.07, 6.45) is 1.60. The quantitative estimate of drug-likeness (QED) is 0.734. The van der Waals surface area contributed by atoms with Crippen molar-refractivity contribution in [3.63, 3.8) is 0 Å². The second kappa shape index (κ2) is 7.73. The molecule has 2 aliphatic heterocycles. The summed E-state index contributed by atoms with van der Waals surface area (Å²) in [5.41, 5.74) is 2.15. The fourth-order valence-corrected chi connectivity index (χ4v) is 5.29. The van der Waals surface area contributed by atoms with Crippen LogP contribution in [0.25, 0.3) is 0 Å². The van der Waals surface area contributed by atoms with Crippen molar-refractivity contribution < 1.29 is 22.7 Å². The van der Waals surface area contributed by atoms with Crippen molar-refractivity contribution in [1.29, 1.82) is 0 Å². The number of fused-ring (bicyclic) bond motifs is 2. The molecule has 1 atom stereocenters. The number of aryl methyl sites for hydroxylation is 1. The van der Waals surface area contributed by atoms with Gasteiger partial charge in [-0.3, -0.25) is 9.78 Å². The minimum absolute atomic E-state index is 0.00478.